The molecule has 0 spiro atoms. The number of nitrogens with one attached hydrogen (secondary N) is 2. The van der Waals surface area contributed by atoms with Gasteiger partial charge in [0.2, 0.25) is 21.8 Å². The number of fused-ring (bicyclic) bond motifs is 1. The number of carbonyl (C=O) groups excluding carboxylic acids is 2. The van der Waals surface area contributed by atoms with Gasteiger partial charge in [0, 0.05) is 36.8 Å². The normalized spacial score (nSPS) is 17.8. The first-order chi connectivity index (χ1) is 14.3. The average molecular weight is 431 g/mol. The maximum absolute atomic E-state index is 13.3. The lowest BCUT2D eigenvalue weighted by atomic mass is 9.97. The lowest BCUT2D eigenvalue weighted by Gasteiger charge is -2.31. The Kier molecular flexibility index (Phi) is 5.57. The number of anilines is 2. The fourth-order valence-corrected chi connectivity index (χ4v) is 5.36. The monoisotopic (exact) mass is 431 g/mol. The smallest absolute Gasteiger partial charge is 0.243 e. The van der Waals surface area contributed by atoms with Crippen LogP contribution in [0.4, 0.5) is 15.8 Å². The predicted molar refractivity (Wildman–Crippen MR) is 110 cm³/mol. The molecule has 30 heavy (non-hydrogen) atoms. The van der Waals surface area contributed by atoms with E-state index in [0.717, 1.165) is 5.56 Å². The molecule has 2 N–H and O–H groups in total. The number of sulfonamides is 1. The number of hydrogen-bond acceptors (Lipinski definition) is 4. The standard InChI is InChI=1S/C21H22FN3O4S/c22-16-2-1-3-17(13-16)23-21(27)14-8-10-25(11-9-14)30(28,29)18-5-6-19-15(12-18)4-7-20(26)24-19/h1-3,5-6,12-14H,4,7-11H2,(H,23,27)(H,24,26). The zero-order valence-electron chi connectivity index (χ0n) is 16.2. The van der Waals surface area contributed by atoms with Crippen LogP contribution in [-0.2, 0) is 26.0 Å². The van der Waals surface area contributed by atoms with Crippen molar-refractivity contribution in [2.75, 3.05) is 23.7 Å². The molecule has 1 saturated heterocycles. The van der Waals surface area contributed by atoms with Crippen molar-refractivity contribution in [3.63, 3.8) is 0 Å². The van der Waals surface area contributed by atoms with Crippen molar-refractivity contribution in [3.8, 4) is 0 Å². The highest BCUT2D eigenvalue weighted by Crippen LogP contribution is 2.29. The van der Waals surface area contributed by atoms with Crippen molar-refractivity contribution in [3.05, 3.63) is 53.8 Å². The van der Waals surface area contributed by atoms with Crippen LogP contribution < -0.4 is 10.6 Å². The summed E-state index contributed by atoms with van der Waals surface area (Å²) in [4.78, 5) is 24.1. The van der Waals surface area contributed by atoms with E-state index in [-0.39, 0.29) is 35.7 Å². The fraction of sp³-hybridized carbons (Fsp3) is 0.333. The van der Waals surface area contributed by atoms with Gasteiger partial charge in [0.05, 0.1) is 4.90 Å². The summed E-state index contributed by atoms with van der Waals surface area (Å²) < 4.78 is 40.8. The van der Waals surface area contributed by atoms with Crippen LogP contribution in [0.3, 0.4) is 0 Å². The second-order valence-electron chi connectivity index (χ2n) is 7.55. The molecule has 7 nitrogen and oxygen atoms in total. The van der Waals surface area contributed by atoms with Crippen LogP contribution >= 0.6 is 0 Å². The largest absolute Gasteiger partial charge is 0.326 e. The minimum atomic E-state index is -3.68. The molecule has 4 rings (SSSR count). The Morgan fingerprint density at radius 2 is 1.87 bits per heavy atom. The molecule has 0 unspecified atom stereocenters. The van der Waals surface area contributed by atoms with E-state index in [9.17, 15) is 22.4 Å². The number of nitrogens with zero attached hydrogens (tertiary/aromatic N) is 1. The van der Waals surface area contributed by atoms with E-state index in [1.807, 2.05) is 0 Å². The summed E-state index contributed by atoms with van der Waals surface area (Å²) in [5.41, 5.74) is 1.84. The molecule has 0 aliphatic carbocycles. The first-order valence-electron chi connectivity index (χ1n) is 9.82. The third kappa shape index (κ3) is 4.22. The molecule has 0 atom stereocenters. The van der Waals surface area contributed by atoms with Crippen molar-refractivity contribution in [2.24, 2.45) is 5.92 Å². The van der Waals surface area contributed by atoms with Crippen LogP contribution in [0.15, 0.2) is 47.4 Å². The highest BCUT2D eigenvalue weighted by molar-refractivity contribution is 7.89. The van der Waals surface area contributed by atoms with E-state index in [4.69, 9.17) is 0 Å². The number of aryl methyl sites for hydroxylation is 1. The van der Waals surface area contributed by atoms with Crippen LogP contribution in [0, 0.1) is 11.7 Å². The topological polar surface area (TPSA) is 95.6 Å². The maximum Gasteiger partial charge on any atom is 0.243 e. The van der Waals surface area contributed by atoms with Crippen molar-refractivity contribution in [1.29, 1.82) is 0 Å². The number of hydrogen-bond donors (Lipinski definition) is 2. The number of piperidine rings is 1. The van der Waals surface area contributed by atoms with Gasteiger partial charge in [-0.15, -0.1) is 0 Å². The highest BCUT2D eigenvalue weighted by Gasteiger charge is 2.32. The number of halogens is 1. The van der Waals surface area contributed by atoms with Gasteiger partial charge in [-0.25, -0.2) is 12.8 Å². The first kappa shape index (κ1) is 20.5. The van der Waals surface area contributed by atoms with Crippen LogP contribution in [0.25, 0.3) is 0 Å². The number of carbonyl (C=O) groups is 2. The van der Waals surface area contributed by atoms with Crippen molar-refractivity contribution < 1.29 is 22.4 Å². The summed E-state index contributed by atoms with van der Waals surface area (Å²) in [6.07, 6.45) is 1.62. The lowest BCUT2D eigenvalue weighted by molar-refractivity contribution is -0.121. The second kappa shape index (κ2) is 8.16. The molecule has 2 aliphatic rings. The molecule has 2 aliphatic heterocycles. The number of rotatable bonds is 4. The molecule has 2 aromatic carbocycles. The third-order valence-electron chi connectivity index (χ3n) is 5.53. The Labute approximate surface area is 174 Å². The highest BCUT2D eigenvalue weighted by atomic mass is 32.2. The minimum absolute atomic E-state index is 0.0725. The summed E-state index contributed by atoms with van der Waals surface area (Å²) in [7, 11) is -3.68. The summed E-state index contributed by atoms with van der Waals surface area (Å²) >= 11 is 0. The SMILES string of the molecule is O=C1CCc2cc(S(=O)(=O)N3CCC(C(=O)Nc4cccc(F)c4)CC3)ccc2N1. The van der Waals surface area contributed by atoms with Gasteiger partial charge >= 0.3 is 0 Å². The van der Waals surface area contributed by atoms with Gasteiger partial charge in [0.25, 0.3) is 0 Å². The zero-order chi connectivity index (χ0) is 21.3. The van der Waals surface area contributed by atoms with Gasteiger partial charge in [-0.05, 0) is 61.2 Å². The fourth-order valence-electron chi connectivity index (χ4n) is 3.84. The molecule has 0 aromatic heterocycles. The van der Waals surface area contributed by atoms with E-state index in [2.05, 4.69) is 10.6 Å². The Morgan fingerprint density at radius 3 is 2.60 bits per heavy atom. The Bertz CT molecular complexity index is 1100. The van der Waals surface area contributed by atoms with Gasteiger partial charge in [-0.2, -0.15) is 4.31 Å². The Balaban J connectivity index is 1.41. The quantitative estimate of drug-likeness (QED) is 0.778. The first-order valence-corrected chi connectivity index (χ1v) is 11.3. The second-order valence-corrected chi connectivity index (χ2v) is 9.48. The van der Waals surface area contributed by atoms with E-state index in [1.54, 1.807) is 18.2 Å². The molecule has 0 saturated carbocycles. The summed E-state index contributed by atoms with van der Waals surface area (Å²) in [5.74, 6) is -1.07. The Morgan fingerprint density at radius 1 is 1.10 bits per heavy atom. The van der Waals surface area contributed by atoms with Crippen LogP contribution in [-0.4, -0.2) is 37.6 Å². The average Bonchev–Trinajstić information content (AvgIpc) is 2.73. The van der Waals surface area contributed by atoms with Crippen molar-refractivity contribution >= 4 is 33.2 Å². The van der Waals surface area contributed by atoms with Crippen molar-refractivity contribution in [1.82, 2.24) is 4.31 Å². The predicted octanol–water partition coefficient (Wildman–Crippen LogP) is 2.75. The van der Waals surface area contributed by atoms with E-state index in [0.29, 0.717) is 37.1 Å². The molecule has 9 heteroatoms. The number of benzene rings is 2. The minimum Gasteiger partial charge on any atom is -0.326 e. The molecule has 158 valence electrons. The van der Waals surface area contributed by atoms with Gasteiger partial charge in [0.1, 0.15) is 5.82 Å². The molecule has 2 aromatic rings. The molecular weight excluding hydrogens is 409 g/mol. The molecular formula is C21H22FN3O4S. The van der Waals surface area contributed by atoms with E-state index < -0.39 is 15.8 Å². The molecule has 0 bridgehead atoms. The summed E-state index contributed by atoms with van der Waals surface area (Å²) in [6.45, 7) is 0.467. The third-order valence-corrected chi connectivity index (χ3v) is 7.42. The van der Waals surface area contributed by atoms with E-state index >= 15 is 0 Å². The molecule has 1 fully saturated rings. The summed E-state index contributed by atoms with van der Waals surface area (Å²) in [6, 6.07) is 10.4. The van der Waals surface area contributed by atoms with Gasteiger partial charge in [-0.3, -0.25) is 9.59 Å². The lowest BCUT2D eigenvalue weighted by Crippen LogP contribution is -2.41. The summed E-state index contributed by atoms with van der Waals surface area (Å²) in [5, 5.41) is 5.44. The van der Waals surface area contributed by atoms with E-state index in [1.165, 1.54) is 28.6 Å². The zero-order valence-corrected chi connectivity index (χ0v) is 17.0. The van der Waals surface area contributed by atoms with Crippen molar-refractivity contribution in [2.45, 2.75) is 30.6 Å². The van der Waals surface area contributed by atoms with Crippen LogP contribution in [0.5, 0.6) is 0 Å². The number of amides is 2. The molecule has 2 amide bonds. The maximum atomic E-state index is 13.3. The molecule has 0 radical (unpaired) electrons. The Hall–Kier alpha value is -2.78. The van der Waals surface area contributed by atoms with Gasteiger partial charge in [0.15, 0.2) is 0 Å². The van der Waals surface area contributed by atoms with Crippen LogP contribution in [0.2, 0.25) is 0 Å². The van der Waals surface area contributed by atoms with Crippen LogP contribution in [0.1, 0.15) is 24.8 Å². The van der Waals surface area contributed by atoms with Gasteiger partial charge < -0.3 is 10.6 Å². The molecule has 2 heterocycles. The van der Waals surface area contributed by atoms with Gasteiger partial charge in [-0.1, -0.05) is 6.07 Å².